The van der Waals surface area contributed by atoms with Crippen molar-refractivity contribution < 1.29 is 14.6 Å². The molecule has 1 rings (SSSR count). The number of carboxylic acid groups (broad SMARTS) is 1. The molecule has 0 aliphatic carbocycles. The number of carbonyl (C=O) groups is 1. The van der Waals surface area contributed by atoms with E-state index < -0.39 is 6.16 Å². The van der Waals surface area contributed by atoms with Crippen LogP contribution in [0.2, 0.25) is 0 Å². The third kappa shape index (κ3) is 9.77. The summed E-state index contributed by atoms with van der Waals surface area (Å²) >= 11 is 0. The van der Waals surface area contributed by atoms with E-state index in [-0.39, 0.29) is 0 Å². The van der Waals surface area contributed by atoms with Gasteiger partial charge < -0.3 is 15.6 Å². The number of nitrogen functional groups attached to an aromatic ring is 1. The van der Waals surface area contributed by atoms with Crippen LogP contribution < -0.4 is 5.73 Å². The van der Waals surface area contributed by atoms with Crippen molar-refractivity contribution in [2.45, 2.75) is 57.8 Å². The third-order valence-electron chi connectivity index (χ3n) is 3.54. The maximum atomic E-state index is 10.1. The van der Waals surface area contributed by atoms with Crippen LogP contribution in [0.5, 0.6) is 0 Å². The van der Waals surface area contributed by atoms with E-state index in [0.717, 1.165) is 31.4 Å². The molecule has 0 fully saturated rings. The first-order valence-electron chi connectivity index (χ1n) is 7.88. The molecule has 21 heavy (non-hydrogen) atoms. The van der Waals surface area contributed by atoms with Gasteiger partial charge in [0.2, 0.25) is 0 Å². The normalized spacial score (nSPS) is 10.5. The zero-order chi connectivity index (χ0) is 15.3. The van der Waals surface area contributed by atoms with Gasteiger partial charge in [-0.1, -0.05) is 50.7 Å². The summed E-state index contributed by atoms with van der Waals surface area (Å²) < 4.78 is 4.46. The lowest BCUT2D eigenvalue weighted by Crippen LogP contribution is -2.01. The lowest BCUT2D eigenvalue weighted by molar-refractivity contribution is 0.0899. The van der Waals surface area contributed by atoms with Crippen LogP contribution in [0.15, 0.2) is 24.3 Å². The number of hydrogen-bond acceptors (Lipinski definition) is 3. The molecule has 0 amide bonds. The Kier molecular flexibility index (Phi) is 9.09. The Morgan fingerprint density at radius 3 is 2.24 bits per heavy atom. The predicted octanol–water partition coefficient (Wildman–Crippen LogP) is 4.63. The average molecular weight is 293 g/mol. The van der Waals surface area contributed by atoms with Crippen molar-refractivity contribution >= 4 is 11.8 Å². The van der Waals surface area contributed by atoms with Crippen molar-refractivity contribution in [1.82, 2.24) is 0 Å². The zero-order valence-electron chi connectivity index (χ0n) is 12.7. The summed E-state index contributed by atoms with van der Waals surface area (Å²) in [5.41, 5.74) is 7.93. The molecule has 0 aliphatic rings. The quantitative estimate of drug-likeness (QED) is 0.354. The molecule has 1 aromatic rings. The van der Waals surface area contributed by atoms with Crippen LogP contribution in [0.4, 0.5) is 10.5 Å². The van der Waals surface area contributed by atoms with Crippen molar-refractivity contribution in [3.8, 4) is 0 Å². The summed E-state index contributed by atoms with van der Waals surface area (Å²) in [4.78, 5) is 10.1. The molecule has 0 aliphatic heterocycles. The number of rotatable bonds is 11. The molecule has 3 N–H and O–H groups in total. The van der Waals surface area contributed by atoms with E-state index in [1.54, 1.807) is 0 Å². The standard InChI is InChI=1S/C17H27NO3/c18-16-12-9-11-15(14-16)10-7-5-3-1-2-4-6-8-13-21-17(19)20/h9,11-12,14H,1-8,10,13,18H2,(H,19,20). The third-order valence-corrected chi connectivity index (χ3v) is 3.54. The molecule has 0 unspecified atom stereocenters. The second-order valence-corrected chi connectivity index (χ2v) is 5.44. The summed E-state index contributed by atoms with van der Waals surface area (Å²) in [5.74, 6) is 0. The van der Waals surface area contributed by atoms with Gasteiger partial charge in [0, 0.05) is 5.69 Å². The molecule has 0 radical (unpaired) electrons. The van der Waals surface area contributed by atoms with Crippen LogP contribution in [0.1, 0.15) is 56.9 Å². The van der Waals surface area contributed by atoms with Crippen molar-refractivity contribution in [2.75, 3.05) is 12.3 Å². The SMILES string of the molecule is Nc1cccc(CCCCCCCCCCOC(=O)O)c1. The molecule has 0 saturated carbocycles. The number of unbranched alkanes of at least 4 members (excludes halogenated alkanes) is 7. The lowest BCUT2D eigenvalue weighted by atomic mass is 10.0. The predicted molar refractivity (Wildman–Crippen MR) is 85.5 cm³/mol. The van der Waals surface area contributed by atoms with E-state index in [1.165, 1.54) is 37.7 Å². The zero-order valence-corrected chi connectivity index (χ0v) is 12.7. The summed E-state index contributed by atoms with van der Waals surface area (Å²) in [6, 6.07) is 8.12. The van der Waals surface area contributed by atoms with E-state index in [9.17, 15) is 4.79 Å². The van der Waals surface area contributed by atoms with E-state index in [1.807, 2.05) is 12.1 Å². The van der Waals surface area contributed by atoms with Crippen LogP contribution in [-0.2, 0) is 11.2 Å². The van der Waals surface area contributed by atoms with Crippen molar-refractivity contribution in [2.24, 2.45) is 0 Å². The molecular weight excluding hydrogens is 266 g/mol. The highest BCUT2D eigenvalue weighted by molar-refractivity contribution is 5.56. The highest BCUT2D eigenvalue weighted by Gasteiger charge is 1.97. The van der Waals surface area contributed by atoms with Crippen LogP contribution in [0.3, 0.4) is 0 Å². The molecule has 0 bridgehead atoms. The Balaban J connectivity index is 1.86. The van der Waals surface area contributed by atoms with Gasteiger partial charge in [-0.3, -0.25) is 0 Å². The average Bonchev–Trinajstić information content (AvgIpc) is 2.44. The molecule has 0 atom stereocenters. The molecule has 1 aromatic carbocycles. The van der Waals surface area contributed by atoms with Crippen molar-refractivity contribution in [3.63, 3.8) is 0 Å². The molecular formula is C17H27NO3. The van der Waals surface area contributed by atoms with Crippen LogP contribution >= 0.6 is 0 Å². The fourth-order valence-corrected chi connectivity index (χ4v) is 2.40. The molecule has 118 valence electrons. The lowest BCUT2D eigenvalue weighted by Gasteiger charge is -2.04. The van der Waals surface area contributed by atoms with Gasteiger partial charge in [-0.05, 0) is 37.0 Å². The van der Waals surface area contributed by atoms with Crippen molar-refractivity contribution in [1.29, 1.82) is 0 Å². The van der Waals surface area contributed by atoms with Gasteiger partial charge in [-0.2, -0.15) is 0 Å². The second kappa shape index (κ2) is 11.0. The second-order valence-electron chi connectivity index (χ2n) is 5.44. The Hall–Kier alpha value is -1.71. The summed E-state index contributed by atoms with van der Waals surface area (Å²) in [7, 11) is 0. The van der Waals surface area contributed by atoms with E-state index in [2.05, 4.69) is 16.9 Å². The fraction of sp³-hybridized carbons (Fsp3) is 0.588. The number of ether oxygens (including phenoxy) is 1. The summed E-state index contributed by atoms with van der Waals surface area (Å²) in [5, 5.41) is 8.30. The largest absolute Gasteiger partial charge is 0.505 e. The Morgan fingerprint density at radius 2 is 1.62 bits per heavy atom. The number of aryl methyl sites for hydroxylation is 1. The molecule has 0 aromatic heterocycles. The first kappa shape index (κ1) is 17.3. The molecule has 0 heterocycles. The topological polar surface area (TPSA) is 72.5 Å². The van der Waals surface area contributed by atoms with Crippen molar-refractivity contribution in [3.05, 3.63) is 29.8 Å². The maximum Gasteiger partial charge on any atom is 0.505 e. The Labute approximate surface area is 127 Å². The first-order chi connectivity index (χ1) is 10.2. The van der Waals surface area contributed by atoms with Crippen LogP contribution in [0, 0.1) is 0 Å². The smallest absolute Gasteiger partial charge is 0.450 e. The van der Waals surface area contributed by atoms with Gasteiger partial charge in [-0.25, -0.2) is 4.79 Å². The Morgan fingerprint density at radius 1 is 1.00 bits per heavy atom. The minimum atomic E-state index is -1.17. The fourth-order valence-electron chi connectivity index (χ4n) is 2.40. The number of anilines is 1. The highest BCUT2D eigenvalue weighted by atomic mass is 16.7. The number of hydrogen-bond donors (Lipinski definition) is 2. The molecule has 4 heteroatoms. The van der Waals surface area contributed by atoms with Gasteiger partial charge in [0.1, 0.15) is 0 Å². The summed E-state index contributed by atoms with van der Waals surface area (Å²) in [6.45, 7) is 0.329. The highest BCUT2D eigenvalue weighted by Crippen LogP contribution is 2.13. The number of nitrogens with two attached hydrogens (primary N) is 1. The van der Waals surface area contributed by atoms with Gasteiger partial charge in [0.05, 0.1) is 6.61 Å². The minimum absolute atomic E-state index is 0.329. The van der Waals surface area contributed by atoms with E-state index >= 15 is 0 Å². The van der Waals surface area contributed by atoms with Crippen LogP contribution in [0.25, 0.3) is 0 Å². The molecule has 0 saturated heterocycles. The monoisotopic (exact) mass is 293 g/mol. The minimum Gasteiger partial charge on any atom is -0.450 e. The number of benzene rings is 1. The Bertz CT molecular complexity index is 407. The first-order valence-corrected chi connectivity index (χ1v) is 7.88. The van der Waals surface area contributed by atoms with Gasteiger partial charge in [0.15, 0.2) is 0 Å². The van der Waals surface area contributed by atoms with Gasteiger partial charge in [0.25, 0.3) is 0 Å². The van der Waals surface area contributed by atoms with E-state index in [4.69, 9.17) is 10.8 Å². The van der Waals surface area contributed by atoms with Gasteiger partial charge >= 0.3 is 6.16 Å². The van der Waals surface area contributed by atoms with Gasteiger partial charge in [-0.15, -0.1) is 0 Å². The summed E-state index contributed by atoms with van der Waals surface area (Å²) in [6.07, 6.45) is 9.23. The maximum absolute atomic E-state index is 10.1. The van der Waals surface area contributed by atoms with E-state index in [0.29, 0.717) is 6.61 Å². The molecule has 0 spiro atoms. The van der Waals surface area contributed by atoms with Crippen LogP contribution in [-0.4, -0.2) is 17.9 Å². The molecule has 4 nitrogen and oxygen atoms in total.